The zero-order chi connectivity index (χ0) is 28.8. The molecule has 1 atom stereocenters. The first kappa shape index (κ1) is 29.4. The largest absolute Gasteiger partial charge is 0.494 e. The molecule has 4 rings (SSSR count). The quantitative estimate of drug-likeness (QED) is 0.342. The first-order valence-corrected chi connectivity index (χ1v) is 13.8. The van der Waals surface area contributed by atoms with Gasteiger partial charge < -0.3 is 19.9 Å². The molecule has 3 heterocycles. The average molecular weight is 552 g/mol. The Morgan fingerprint density at radius 3 is 2.55 bits per heavy atom. The maximum atomic E-state index is 14.7. The Balaban J connectivity index is 1.37. The number of ether oxygens (including phenoxy) is 1. The van der Waals surface area contributed by atoms with E-state index in [9.17, 15) is 13.6 Å². The highest BCUT2D eigenvalue weighted by Gasteiger charge is 2.28. The van der Waals surface area contributed by atoms with Gasteiger partial charge in [0, 0.05) is 62.4 Å². The van der Waals surface area contributed by atoms with Crippen molar-refractivity contribution in [3.63, 3.8) is 0 Å². The molecule has 1 aliphatic rings. The average Bonchev–Trinajstić information content (AvgIpc) is 2.92. The maximum Gasteiger partial charge on any atom is 0.253 e. The minimum atomic E-state index is -0.574. The van der Waals surface area contributed by atoms with Gasteiger partial charge in [-0.1, -0.05) is 0 Å². The molecule has 1 N–H and O–H groups in total. The molecule has 0 bridgehead atoms. The lowest BCUT2D eigenvalue weighted by atomic mass is 9.99. The normalized spacial score (nSPS) is 15.1. The third-order valence-corrected chi connectivity index (χ3v) is 7.96. The lowest BCUT2D eigenvalue weighted by molar-refractivity contribution is 0.0943. The monoisotopic (exact) mass is 551 g/mol. The molecule has 1 fully saturated rings. The van der Waals surface area contributed by atoms with Gasteiger partial charge in [-0.3, -0.25) is 9.78 Å². The lowest BCUT2D eigenvalue weighted by Crippen LogP contribution is -2.48. The van der Waals surface area contributed by atoms with Crippen molar-refractivity contribution in [3.8, 4) is 5.75 Å². The van der Waals surface area contributed by atoms with Gasteiger partial charge in [-0.25, -0.2) is 9.37 Å². The first-order chi connectivity index (χ1) is 19.2. The Kier molecular flexibility index (Phi) is 9.68. The van der Waals surface area contributed by atoms with Crippen LogP contribution in [-0.2, 0) is 6.54 Å². The number of rotatable bonds is 10. The Bertz CT molecular complexity index is 1300. The Morgan fingerprint density at radius 2 is 1.90 bits per heavy atom. The highest BCUT2D eigenvalue weighted by atomic mass is 19.1. The van der Waals surface area contributed by atoms with Gasteiger partial charge in [0.05, 0.1) is 18.4 Å². The van der Waals surface area contributed by atoms with E-state index in [0.717, 1.165) is 49.2 Å². The Labute approximate surface area is 235 Å². The summed E-state index contributed by atoms with van der Waals surface area (Å²) in [5, 5.41) is 2.98. The molecular formula is C31H39F2N5O2. The summed E-state index contributed by atoms with van der Waals surface area (Å²) in [6, 6.07) is 8.97. The number of anilines is 1. The van der Waals surface area contributed by atoms with Crippen molar-refractivity contribution in [1.29, 1.82) is 0 Å². The third-order valence-electron chi connectivity index (χ3n) is 7.96. The summed E-state index contributed by atoms with van der Waals surface area (Å²) in [5.41, 5.74) is 4.52. The second-order valence-corrected chi connectivity index (χ2v) is 10.6. The predicted molar refractivity (Wildman–Crippen MR) is 153 cm³/mol. The standard InChI is InChI=1S/C31H39F2N5O2/c1-20-8-12-34-18-24(20)19-38(26-6-7-28(40-5)27(32)17-26)25-10-14-37(15-11-25)22(3)9-13-35-31(39)30-21(2)16-29(33)36-23(30)4/h6-8,12,16-18,22,25H,9-11,13-15,19H2,1-5H3,(H,35,39)/t22-/m1/s1. The van der Waals surface area contributed by atoms with Crippen molar-refractivity contribution >= 4 is 11.6 Å². The number of nitrogens with zero attached hydrogens (tertiary/aromatic N) is 4. The zero-order valence-electron chi connectivity index (χ0n) is 24.0. The molecule has 3 aromatic rings. The summed E-state index contributed by atoms with van der Waals surface area (Å²) >= 11 is 0. The van der Waals surface area contributed by atoms with Crippen LogP contribution in [0.2, 0.25) is 0 Å². The van der Waals surface area contributed by atoms with Crippen molar-refractivity contribution in [2.24, 2.45) is 0 Å². The molecule has 2 aromatic heterocycles. The number of hydrogen-bond acceptors (Lipinski definition) is 6. The van der Waals surface area contributed by atoms with Crippen molar-refractivity contribution in [2.45, 2.75) is 65.6 Å². The van der Waals surface area contributed by atoms with Crippen molar-refractivity contribution in [1.82, 2.24) is 20.2 Å². The smallest absolute Gasteiger partial charge is 0.253 e. The van der Waals surface area contributed by atoms with Crippen LogP contribution in [0.1, 0.15) is 58.9 Å². The number of nitrogens with one attached hydrogen (secondary N) is 1. The third kappa shape index (κ3) is 6.94. The molecule has 0 spiro atoms. The van der Waals surface area contributed by atoms with E-state index in [4.69, 9.17) is 4.74 Å². The molecule has 1 amide bonds. The van der Waals surface area contributed by atoms with Gasteiger partial charge in [0.1, 0.15) is 0 Å². The van der Waals surface area contributed by atoms with Gasteiger partial charge in [0.2, 0.25) is 5.95 Å². The number of piperidine rings is 1. The van der Waals surface area contributed by atoms with E-state index in [1.54, 1.807) is 32.2 Å². The molecule has 9 heteroatoms. The number of benzene rings is 1. The summed E-state index contributed by atoms with van der Waals surface area (Å²) in [4.78, 5) is 25.5. The molecule has 0 saturated carbocycles. The Morgan fingerprint density at radius 1 is 1.15 bits per heavy atom. The number of likely N-dealkylation sites (tertiary alicyclic amines) is 1. The zero-order valence-corrected chi connectivity index (χ0v) is 24.0. The van der Waals surface area contributed by atoms with Gasteiger partial charge in [-0.15, -0.1) is 0 Å². The summed E-state index contributed by atoms with van der Waals surface area (Å²) in [6.07, 6.45) is 6.34. The fraction of sp³-hybridized carbons (Fsp3) is 0.452. The van der Waals surface area contributed by atoms with E-state index in [2.05, 4.69) is 38.9 Å². The number of carbonyl (C=O) groups is 1. The molecule has 1 aliphatic heterocycles. The number of methoxy groups -OCH3 is 1. The second kappa shape index (κ2) is 13.2. The summed E-state index contributed by atoms with van der Waals surface area (Å²) in [6.45, 7) is 10.6. The fourth-order valence-electron chi connectivity index (χ4n) is 5.54. The van der Waals surface area contributed by atoms with E-state index >= 15 is 0 Å². The van der Waals surface area contributed by atoms with Crippen molar-refractivity contribution in [2.75, 3.05) is 31.6 Å². The molecule has 0 aliphatic carbocycles. The maximum absolute atomic E-state index is 14.7. The highest BCUT2D eigenvalue weighted by molar-refractivity contribution is 5.96. The second-order valence-electron chi connectivity index (χ2n) is 10.6. The number of hydrogen-bond donors (Lipinski definition) is 1. The fourth-order valence-corrected chi connectivity index (χ4v) is 5.54. The topological polar surface area (TPSA) is 70.6 Å². The van der Waals surface area contributed by atoms with Gasteiger partial charge in [0.15, 0.2) is 11.6 Å². The van der Waals surface area contributed by atoms with Crippen LogP contribution < -0.4 is 15.0 Å². The lowest BCUT2D eigenvalue weighted by Gasteiger charge is -2.42. The number of amides is 1. The summed E-state index contributed by atoms with van der Waals surface area (Å²) in [5.74, 6) is -0.933. The van der Waals surface area contributed by atoms with Crippen LogP contribution in [0.15, 0.2) is 42.7 Å². The summed E-state index contributed by atoms with van der Waals surface area (Å²) in [7, 11) is 1.47. The van der Waals surface area contributed by atoms with E-state index in [1.807, 2.05) is 18.3 Å². The van der Waals surface area contributed by atoms with E-state index in [-0.39, 0.29) is 29.6 Å². The van der Waals surface area contributed by atoms with E-state index < -0.39 is 5.95 Å². The van der Waals surface area contributed by atoms with Gasteiger partial charge >= 0.3 is 0 Å². The molecule has 0 radical (unpaired) electrons. The molecule has 40 heavy (non-hydrogen) atoms. The molecule has 0 unspecified atom stereocenters. The van der Waals surface area contributed by atoms with E-state index in [1.165, 1.54) is 13.2 Å². The Hall–Kier alpha value is -3.59. The summed E-state index contributed by atoms with van der Waals surface area (Å²) < 4.78 is 33.3. The molecular weight excluding hydrogens is 512 g/mol. The minimum Gasteiger partial charge on any atom is -0.494 e. The number of aryl methyl sites for hydroxylation is 3. The van der Waals surface area contributed by atoms with Crippen molar-refractivity contribution in [3.05, 3.63) is 82.4 Å². The number of halogens is 2. The molecule has 214 valence electrons. The molecule has 1 saturated heterocycles. The number of carbonyl (C=O) groups excluding carboxylic acids is 1. The SMILES string of the molecule is COc1ccc(N(Cc2cnccc2C)C2CCN([C@H](C)CCNC(=O)c3c(C)cc(F)nc3C)CC2)cc1F. The van der Waals surface area contributed by atoms with Crippen LogP contribution in [0.4, 0.5) is 14.5 Å². The predicted octanol–water partition coefficient (Wildman–Crippen LogP) is 5.37. The van der Waals surface area contributed by atoms with Crippen LogP contribution in [0.25, 0.3) is 0 Å². The highest BCUT2D eigenvalue weighted by Crippen LogP contribution is 2.30. The molecule has 1 aromatic carbocycles. The van der Waals surface area contributed by atoms with Crippen LogP contribution in [0.3, 0.4) is 0 Å². The van der Waals surface area contributed by atoms with Gasteiger partial charge in [-0.05, 0) is 87.9 Å². The van der Waals surface area contributed by atoms with Crippen LogP contribution in [0, 0.1) is 32.5 Å². The van der Waals surface area contributed by atoms with Crippen molar-refractivity contribution < 1.29 is 18.3 Å². The van der Waals surface area contributed by atoms with Gasteiger partial charge in [0.25, 0.3) is 5.91 Å². The van der Waals surface area contributed by atoms with Crippen LogP contribution in [-0.4, -0.2) is 59.6 Å². The minimum absolute atomic E-state index is 0.221. The van der Waals surface area contributed by atoms with Gasteiger partial charge in [-0.2, -0.15) is 4.39 Å². The number of aromatic nitrogens is 2. The number of pyridine rings is 2. The first-order valence-electron chi connectivity index (χ1n) is 13.8. The molecule has 7 nitrogen and oxygen atoms in total. The van der Waals surface area contributed by atoms with Crippen LogP contribution in [0.5, 0.6) is 5.75 Å². The van der Waals surface area contributed by atoms with E-state index in [0.29, 0.717) is 29.9 Å². The van der Waals surface area contributed by atoms with Crippen LogP contribution >= 0.6 is 0 Å².